The summed E-state index contributed by atoms with van der Waals surface area (Å²) in [6.45, 7) is 6.70. The predicted octanol–water partition coefficient (Wildman–Crippen LogP) is 4.44. The van der Waals surface area contributed by atoms with Gasteiger partial charge < -0.3 is 0 Å². The fraction of sp³-hybridized carbons (Fsp3) is 0.571. The molecule has 0 aliphatic rings. The maximum atomic E-state index is 6.01. The van der Waals surface area contributed by atoms with Crippen molar-refractivity contribution in [1.82, 2.24) is 0 Å². The fourth-order valence-corrected chi connectivity index (χ4v) is 2.25. The molecular formula is C14H21Cl. The van der Waals surface area contributed by atoms with Crippen LogP contribution in [0.25, 0.3) is 0 Å². The third kappa shape index (κ3) is 4.25. The molecule has 0 saturated carbocycles. The van der Waals surface area contributed by atoms with Gasteiger partial charge in [0.15, 0.2) is 0 Å². The molecule has 1 rings (SSSR count). The van der Waals surface area contributed by atoms with Crippen LogP contribution in [0.1, 0.15) is 31.4 Å². The van der Waals surface area contributed by atoms with Crippen molar-refractivity contribution in [3.05, 3.63) is 35.4 Å². The highest BCUT2D eigenvalue weighted by Crippen LogP contribution is 2.20. The SMILES string of the molecule is Cc1ccccc1CC(CCl)CC(C)C. The molecule has 0 spiro atoms. The molecule has 1 atom stereocenters. The topological polar surface area (TPSA) is 0 Å². The van der Waals surface area contributed by atoms with E-state index in [9.17, 15) is 0 Å². The summed E-state index contributed by atoms with van der Waals surface area (Å²) in [5.41, 5.74) is 2.83. The zero-order valence-electron chi connectivity index (χ0n) is 9.96. The lowest BCUT2D eigenvalue weighted by molar-refractivity contribution is 0.440. The quantitative estimate of drug-likeness (QED) is 0.649. The first-order valence-corrected chi connectivity index (χ1v) is 6.27. The zero-order chi connectivity index (χ0) is 11.3. The molecular weight excluding hydrogens is 204 g/mol. The summed E-state index contributed by atoms with van der Waals surface area (Å²) in [6, 6.07) is 8.60. The maximum absolute atomic E-state index is 6.01. The van der Waals surface area contributed by atoms with Gasteiger partial charge in [-0.25, -0.2) is 0 Å². The Kier molecular flexibility index (Phi) is 5.17. The average molecular weight is 225 g/mol. The Bertz CT molecular complexity index is 291. The number of rotatable bonds is 5. The van der Waals surface area contributed by atoms with Crippen molar-refractivity contribution in [2.24, 2.45) is 11.8 Å². The Balaban J connectivity index is 2.62. The first kappa shape index (κ1) is 12.6. The van der Waals surface area contributed by atoms with Gasteiger partial charge in [-0.05, 0) is 42.7 Å². The third-order valence-corrected chi connectivity index (χ3v) is 3.23. The molecule has 0 fully saturated rings. The van der Waals surface area contributed by atoms with E-state index >= 15 is 0 Å². The third-order valence-electron chi connectivity index (χ3n) is 2.79. The summed E-state index contributed by atoms with van der Waals surface area (Å²) in [5.74, 6) is 2.12. The first-order chi connectivity index (χ1) is 7.13. The van der Waals surface area contributed by atoms with Crippen LogP contribution in [0.4, 0.5) is 0 Å². The van der Waals surface area contributed by atoms with Crippen LogP contribution in [-0.4, -0.2) is 5.88 Å². The normalized spacial score (nSPS) is 13.1. The molecule has 0 amide bonds. The van der Waals surface area contributed by atoms with Gasteiger partial charge >= 0.3 is 0 Å². The molecule has 0 aliphatic carbocycles. The highest BCUT2D eigenvalue weighted by atomic mass is 35.5. The summed E-state index contributed by atoms with van der Waals surface area (Å²) in [6.07, 6.45) is 2.34. The molecule has 15 heavy (non-hydrogen) atoms. The van der Waals surface area contributed by atoms with Crippen molar-refractivity contribution in [2.45, 2.75) is 33.6 Å². The van der Waals surface area contributed by atoms with E-state index in [4.69, 9.17) is 11.6 Å². The van der Waals surface area contributed by atoms with E-state index in [0.717, 1.165) is 18.2 Å². The van der Waals surface area contributed by atoms with Crippen LogP contribution in [0.2, 0.25) is 0 Å². The Labute approximate surface area is 98.7 Å². The lowest BCUT2D eigenvalue weighted by Crippen LogP contribution is -2.10. The van der Waals surface area contributed by atoms with Crippen LogP contribution < -0.4 is 0 Å². The number of benzene rings is 1. The lowest BCUT2D eigenvalue weighted by atomic mass is 9.91. The number of hydrogen-bond donors (Lipinski definition) is 0. The molecule has 0 aromatic heterocycles. The van der Waals surface area contributed by atoms with Crippen LogP contribution >= 0.6 is 11.6 Å². The van der Waals surface area contributed by atoms with Crippen molar-refractivity contribution in [1.29, 1.82) is 0 Å². The van der Waals surface area contributed by atoms with Crippen molar-refractivity contribution >= 4 is 11.6 Å². The largest absolute Gasteiger partial charge is 0.126 e. The molecule has 0 saturated heterocycles. The van der Waals surface area contributed by atoms with Crippen molar-refractivity contribution in [3.63, 3.8) is 0 Å². The molecule has 0 heterocycles. The Hall–Kier alpha value is -0.490. The smallest absolute Gasteiger partial charge is 0.0255 e. The second kappa shape index (κ2) is 6.17. The molecule has 0 N–H and O–H groups in total. The average Bonchev–Trinajstić information content (AvgIpc) is 2.19. The van der Waals surface area contributed by atoms with Crippen LogP contribution in [-0.2, 0) is 6.42 Å². The van der Waals surface area contributed by atoms with Gasteiger partial charge in [0.1, 0.15) is 0 Å². The summed E-state index contributed by atoms with van der Waals surface area (Å²) in [7, 11) is 0. The highest BCUT2D eigenvalue weighted by Gasteiger charge is 2.11. The standard InChI is InChI=1S/C14H21Cl/c1-11(2)8-13(10-15)9-14-7-5-4-6-12(14)3/h4-7,11,13H,8-10H2,1-3H3. The highest BCUT2D eigenvalue weighted by molar-refractivity contribution is 6.18. The van der Waals surface area contributed by atoms with Crippen molar-refractivity contribution in [3.8, 4) is 0 Å². The van der Waals surface area contributed by atoms with Gasteiger partial charge in [-0.3, -0.25) is 0 Å². The van der Waals surface area contributed by atoms with Gasteiger partial charge in [-0.1, -0.05) is 38.1 Å². The van der Waals surface area contributed by atoms with E-state index in [1.165, 1.54) is 17.5 Å². The molecule has 0 bridgehead atoms. The van der Waals surface area contributed by atoms with Gasteiger partial charge in [0.25, 0.3) is 0 Å². The second-order valence-electron chi connectivity index (χ2n) is 4.78. The monoisotopic (exact) mass is 224 g/mol. The van der Waals surface area contributed by atoms with Crippen LogP contribution in [0, 0.1) is 18.8 Å². The first-order valence-electron chi connectivity index (χ1n) is 5.74. The number of halogens is 1. The minimum atomic E-state index is 0.618. The fourth-order valence-electron chi connectivity index (χ4n) is 2.02. The molecule has 1 aromatic rings. The van der Waals surface area contributed by atoms with E-state index in [-0.39, 0.29) is 0 Å². The number of alkyl halides is 1. The van der Waals surface area contributed by atoms with E-state index in [1.807, 2.05) is 0 Å². The van der Waals surface area contributed by atoms with Crippen LogP contribution in [0.15, 0.2) is 24.3 Å². The minimum Gasteiger partial charge on any atom is -0.126 e. The van der Waals surface area contributed by atoms with Crippen LogP contribution in [0.3, 0.4) is 0 Å². The Morgan fingerprint density at radius 1 is 1.20 bits per heavy atom. The maximum Gasteiger partial charge on any atom is 0.0255 e. The number of aryl methyl sites for hydroxylation is 1. The van der Waals surface area contributed by atoms with Gasteiger partial charge in [0.05, 0.1) is 0 Å². The second-order valence-corrected chi connectivity index (χ2v) is 5.09. The minimum absolute atomic E-state index is 0.618. The van der Waals surface area contributed by atoms with E-state index < -0.39 is 0 Å². The summed E-state index contributed by atoms with van der Waals surface area (Å²) < 4.78 is 0. The summed E-state index contributed by atoms with van der Waals surface area (Å²) in [5, 5.41) is 0. The van der Waals surface area contributed by atoms with E-state index in [0.29, 0.717) is 5.92 Å². The molecule has 0 radical (unpaired) electrons. The van der Waals surface area contributed by atoms with Gasteiger partial charge in [-0.2, -0.15) is 0 Å². The Morgan fingerprint density at radius 3 is 2.40 bits per heavy atom. The molecule has 0 aliphatic heterocycles. The van der Waals surface area contributed by atoms with Crippen molar-refractivity contribution in [2.75, 3.05) is 5.88 Å². The van der Waals surface area contributed by atoms with E-state index in [2.05, 4.69) is 45.0 Å². The van der Waals surface area contributed by atoms with E-state index in [1.54, 1.807) is 0 Å². The summed E-state index contributed by atoms with van der Waals surface area (Å²) >= 11 is 6.01. The zero-order valence-corrected chi connectivity index (χ0v) is 10.7. The van der Waals surface area contributed by atoms with Gasteiger partial charge in [-0.15, -0.1) is 11.6 Å². The predicted molar refractivity (Wildman–Crippen MR) is 68.5 cm³/mol. The van der Waals surface area contributed by atoms with Gasteiger partial charge in [0, 0.05) is 5.88 Å². The molecule has 1 aromatic carbocycles. The van der Waals surface area contributed by atoms with Crippen LogP contribution in [0.5, 0.6) is 0 Å². The summed E-state index contributed by atoms with van der Waals surface area (Å²) in [4.78, 5) is 0. The lowest BCUT2D eigenvalue weighted by Gasteiger charge is -2.17. The molecule has 1 unspecified atom stereocenters. The molecule has 84 valence electrons. The van der Waals surface area contributed by atoms with Gasteiger partial charge in [0.2, 0.25) is 0 Å². The van der Waals surface area contributed by atoms with Crippen molar-refractivity contribution < 1.29 is 0 Å². The Morgan fingerprint density at radius 2 is 1.87 bits per heavy atom. The molecule has 1 heteroatoms. The molecule has 0 nitrogen and oxygen atoms in total. The number of hydrogen-bond acceptors (Lipinski definition) is 0.